The lowest BCUT2D eigenvalue weighted by Gasteiger charge is -1.93. The van der Waals surface area contributed by atoms with E-state index in [0.717, 1.165) is 0 Å². The van der Waals surface area contributed by atoms with E-state index in [2.05, 4.69) is 4.98 Å². The molecule has 0 atom stereocenters. The Kier molecular flexibility index (Phi) is 2.12. The third-order valence-corrected chi connectivity index (χ3v) is 1.15. The number of aliphatic hydroxyl groups is 1. The van der Waals surface area contributed by atoms with Gasteiger partial charge in [0.25, 0.3) is 0 Å². The Bertz CT molecular complexity index is 235. The van der Waals surface area contributed by atoms with Gasteiger partial charge in [0.15, 0.2) is 6.29 Å². The third-order valence-electron chi connectivity index (χ3n) is 1.15. The van der Waals surface area contributed by atoms with Gasteiger partial charge in [-0.25, -0.2) is 0 Å². The SMILES string of the molecule is O=Cc1cc(CO)ccn1. The zero-order valence-corrected chi connectivity index (χ0v) is 5.32. The highest BCUT2D eigenvalue weighted by Gasteiger charge is 1.92. The number of hydrogen-bond acceptors (Lipinski definition) is 3. The molecule has 52 valence electrons. The van der Waals surface area contributed by atoms with Crippen molar-refractivity contribution >= 4 is 6.29 Å². The summed E-state index contributed by atoms with van der Waals surface area (Å²) in [5.41, 5.74) is 1.06. The second-order valence-corrected chi connectivity index (χ2v) is 1.86. The van der Waals surface area contributed by atoms with E-state index in [4.69, 9.17) is 5.11 Å². The monoisotopic (exact) mass is 137 g/mol. The normalized spacial score (nSPS) is 9.30. The van der Waals surface area contributed by atoms with Gasteiger partial charge in [0.1, 0.15) is 5.69 Å². The maximum Gasteiger partial charge on any atom is 0.168 e. The van der Waals surface area contributed by atoms with Crippen molar-refractivity contribution in [3.05, 3.63) is 29.6 Å². The van der Waals surface area contributed by atoms with Crippen LogP contribution in [0.3, 0.4) is 0 Å². The largest absolute Gasteiger partial charge is 0.392 e. The molecule has 0 aliphatic heterocycles. The predicted molar refractivity (Wildman–Crippen MR) is 35.5 cm³/mol. The molecular weight excluding hydrogens is 130 g/mol. The average Bonchev–Trinajstić information content (AvgIpc) is 2.05. The Hall–Kier alpha value is -1.22. The topological polar surface area (TPSA) is 50.2 Å². The summed E-state index contributed by atoms with van der Waals surface area (Å²) in [5, 5.41) is 8.61. The van der Waals surface area contributed by atoms with Crippen molar-refractivity contribution in [3.63, 3.8) is 0 Å². The van der Waals surface area contributed by atoms with E-state index in [1.54, 1.807) is 12.1 Å². The molecule has 0 amide bonds. The molecule has 0 aliphatic rings. The molecule has 0 unspecified atom stereocenters. The Labute approximate surface area is 58.3 Å². The molecule has 10 heavy (non-hydrogen) atoms. The molecule has 1 N–H and O–H groups in total. The minimum Gasteiger partial charge on any atom is -0.392 e. The van der Waals surface area contributed by atoms with Gasteiger partial charge in [-0.2, -0.15) is 0 Å². The van der Waals surface area contributed by atoms with Crippen LogP contribution in [0.15, 0.2) is 18.3 Å². The smallest absolute Gasteiger partial charge is 0.168 e. The van der Waals surface area contributed by atoms with Crippen molar-refractivity contribution in [1.29, 1.82) is 0 Å². The molecule has 0 saturated heterocycles. The molecule has 1 rings (SSSR count). The van der Waals surface area contributed by atoms with Gasteiger partial charge < -0.3 is 5.11 Å². The number of carbonyl (C=O) groups excluding carboxylic acids is 1. The first-order valence-electron chi connectivity index (χ1n) is 2.88. The van der Waals surface area contributed by atoms with Crippen LogP contribution in [0.5, 0.6) is 0 Å². The fourth-order valence-electron chi connectivity index (χ4n) is 0.657. The first-order valence-corrected chi connectivity index (χ1v) is 2.88. The van der Waals surface area contributed by atoms with Crippen LogP contribution in [0, 0.1) is 0 Å². The van der Waals surface area contributed by atoms with Crippen LogP contribution in [0.4, 0.5) is 0 Å². The molecule has 0 radical (unpaired) electrons. The quantitative estimate of drug-likeness (QED) is 0.600. The van der Waals surface area contributed by atoms with E-state index in [-0.39, 0.29) is 6.61 Å². The van der Waals surface area contributed by atoms with E-state index in [1.807, 2.05) is 0 Å². The maximum atomic E-state index is 10.1. The van der Waals surface area contributed by atoms with Crippen molar-refractivity contribution in [1.82, 2.24) is 4.98 Å². The third kappa shape index (κ3) is 1.39. The number of aromatic nitrogens is 1. The van der Waals surface area contributed by atoms with Crippen molar-refractivity contribution in [2.75, 3.05) is 0 Å². The summed E-state index contributed by atoms with van der Waals surface area (Å²) in [6, 6.07) is 3.21. The number of rotatable bonds is 2. The summed E-state index contributed by atoms with van der Waals surface area (Å²) in [5.74, 6) is 0. The summed E-state index contributed by atoms with van der Waals surface area (Å²) in [4.78, 5) is 13.9. The highest BCUT2D eigenvalue weighted by molar-refractivity contribution is 5.71. The zero-order valence-electron chi connectivity index (χ0n) is 5.32. The van der Waals surface area contributed by atoms with Crippen LogP contribution in [-0.4, -0.2) is 16.4 Å². The average molecular weight is 137 g/mol. The van der Waals surface area contributed by atoms with Gasteiger partial charge in [0.05, 0.1) is 6.61 Å². The molecule has 0 aromatic carbocycles. The second kappa shape index (κ2) is 3.08. The zero-order chi connectivity index (χ0) is 7.40. The fraction of sp³-hybridized carbons (Fsp3) is 0.143. The number of hydrogen-bond donors (Lipinski definition) is 1. The molecule has 0 aliphatic carbocycles. The lowest BCUT2D eigenvalue weighted by atomic mass is 10.2. The summed E-state index contributed by atoms with van der Waals surface area (Å²) in [7, 11) is 0. The second-order valence-electron chi connectivity index (χ2n) is 1.86. The molecule has 1 aromatic rings. The van der Waals surface area contributed by atoms with Gasteiger partial charge in [-0.1, -0.05) is 0 Å². The molecule has 0 bridgehead atoms. The molecule has 0 fully saturated rings. The molecule has 3 nitrogen and oxygen atoms in total. The van der Waals surface area contributed by atoms with Gasteiger partial charge in [0.2, 0.25) is 0 Å². The van der Waals surface area contributed by atoms with Gasteiger partial charge in [-0.05, 0) is 17.7 Å². The lowest BCUT2D eigenvalue weighted by Crippen LogP contribution is -1.89. The minimum absolute atomic E-state index is 0.0522. The first-order chi connectivity index (χ1) is 4.86. The lowest BCUT2D eigenvalue weighted by molar-refractivity contribution is 0.111. The highest BCUT2D eigenvalue weighted by atomic mass is 16.3. The number of nitrogens with zero attached hydrogens (tertiary/aromatic N) is 1. The summed E-state index contributed by atoms with van der Waals surface area (Å²) in [6.45, 7) is -0.0522. The molecular formula is C7H7NO2. The van der Waals surface area contributed by atoms with Gasteiger partial charge in [-0.15, -0.1) is 0 Å². The van der Waals surface area contributed by atoms with E-state index < -0.39 is 0 Å². The highest BCUT2D eigenvalue weighted by Crippen LogP contribution is 1.98. The maximum absolute atomic E-state index is 10.1. The molecule has 0 spiro atoms. The van der Waals surface area contributed by atoms with E-state index >= 15 is 0 Å². The van der Waals surface area contributed by atoms with Crippen molar-refractivity contribution < 1.29 is 9.90 Å². The van der Waals surface area contributed by atoms with Crippen LogP contribution < -0.4 is 0 Å². The van der Waals surface area contributed by atoms with Crippen LogP contribution in [0.25, 0.3) is 0 Å². The van der Waals surface area contributed by atoms with Gasteiger partial charge in [0, 0.05) is 6.20 Å². The van der Waals surface area contributed by atoms with Crippen LogP contribution in [-0.2, 0) is 6.61 Å². The van der Waals surface area contributed by atoms with E-state index in [1.165, 1.54) is 6.20 Å². The molecule has 1 aromatic heterocycles. The summed E-state index contributed by atoms with van der Waals surface area (Å²) < 4.78 is 0. The Morgan fingerprint density at radius 1 is 1.70 bits per heavy atom. The van der Waals surface area contributed by atoms with Gasteiger partial charge >= 0.3 is 0 Å². The number of aliphatic hydroxyl groups excluding tert-OH is 1. The van der Waals surface area contributed by atoms with Crippen molar-refractivity contribution in [2.45, 2.75) is 6.61 Å². The standard InChI is InChI=1S/C7H7NO2/c9-4-6-1-2-8-7(3-6)5-10/h1-3,5,9H,4H2. The number of pyridine rings is 1. The van der Waals surface area contributed by atoms with Crippen LogP contribution >= 0.6 is 0 Å². The Morgan fingerprint density at radius 2 is 2.50 bits per heavy atom. The summed E-state index contributed by atoms with van der Waals surface area (Å²) in [6.07, 6.45) is 2.15. The Morgan fingerprint density at radius 3 is 3.10 bits per heavy atom. The van der Waals surface area contributed by atoms with Crippen molar-refractivity contribution in [3.8, 4) is 0 Å². The van der Waals surface area contributed by atoms with E-state index in [9.17, 15) is 4.79 Å². The van der Waals surface area contributed by atoms with Crippen LogP contribution in [0.2, 0.25) is 0 Å². The fourth-order valence-corrected chi connectivity index (χ4v) is 0.657. The van der Waals surface area contributed by atoms with Gasteiger partial charge in [-0.3, -0.25) is 9.78 Å². The molecule has 3 heteroatoms. The number of carbonyl (C=O) groups is 1. The molecule has 1 heterocycles. The van der Waals surface area contributed by atoms with Crippen LogP contribution in [0.1, 0.15) is 16.1 Å². The molecule has 0 saturated carbocycles. The Balaban J connectivity index is 2.98. The predicted octanol–water partition coefficient (Wildman–Crippen LogP) is 0.386. The summed E-state index contributed by atoms with van der Waals surface area (Å²) >= 11 is 0. The first kappa shape index (κ1) is 6.89. The van der Waals surface area contributed by atoms with E-state index in [0.29, 0.717) is 17.5 Å². The van der Waals surface area contributed by atoms with Crippen molar-refractivity contribution in [2.24, 2.45) is 0 Å². The number of aldehydes is 1. The minimum atomic E-state index is -0.0522.